The van der Waals surface area contributed by atoms with Gasteiger partial charge in [-0.25, -0.2) is 4.39 Å². The number of carbonyl (C=O) groups excluding carboxylic acids is 1. The number of oxazole rings is 1. The van der Waals surface area contributed by atoms with Gasteiger partial charge in [-0.2, -0.15) is 4.98 Å². The summed E-state index contributed by atoms with van der Waals surface area (Å²) in [4.78, 5) is 21.1. The third kappa shape index (κ3) is 3.35. The lowest BCUT2D eigenvalue weighted by Crippen LogP contribution is -2.49. The Kier molecular flexibility index (Phi) is 4.26. The van der Waals surface area contributed by atoms with Crippen LogP contribution >= 0.6 is 0 Å². The summed E-state index contributed by atoms with van der Waals surface area (Å²) in [7, 11) is 0. The number of hydrogen-bond donors (Lipinski definition) is 0. The molecule has 5 rings (SSSR count). The largest absolute Gasteiger partial charge is 0.423 e. The Bertz CT molecular complexity index is 987. The van der Waals surface area contributed by atoms with Gasteiger partial charge in [0.1, 0.15) is 11.3 Å². The van der Waals surface area contributed by atoms with E-state index in [1.807, 2.05) is 41.3 Å². The number of amides is 1. The summed E-state index contributed by atoms with van der Waals surface area (Å²) in [6.07, 6.45) is 2.38. The van der Waals surface area contributed by atoms with Gasteiger partial charge in [0.15, 0.2) is 5.58 Å². The van der Waals surface area contributed by atoms with Crippen molar-refractivity contribution in [2.45, 2.75) is 25.2 Å². The molecule has 1 amide bonds. The lowest BCUT2D eigenvalue weighted by atomic mass is 10.0. The highest BCUT2D eigenvalue weighted by molar-refractivity contribution is 5.79. The minimum absolute atomic E-state index is 0.0378. The molecule has 1 saturated heterocycles. The molecule has 144 valence electrons. The minimum Gasteiger partial charge on any atom is -0.423 e. The zero-order chi connectivity index (χ0) is 19.1. The second kappa shape index (κ2) is 6.93. The number of para-hydroxylation sites is 2. The standard InChI is InChI=1S/C22H22FN3O2/c23-18-13-15(5-8-17(18)16-6-7-16)14-21(27)25-9-11-26(12-10-25)22-24-19-3-1-2-4-20(19)28-22/h1-5,8,13,16H,6-7,9-12,14H2. The van der Waals surface area contributed by atoms with Crippen LogP contribution in [0.4, 0.5) is 10.4 Å². The number of halogens is 1. The number of rotatable bonds is 4. The van der Waals surface area contributed by atoms with Gasteiger partial charge in [0.25, 0.3) is 6.01 Å². The molecule has 0 spiro atoms. The summed E-state index contributed by atoms with van der Waals surface area (Å²) in [5.41, 5.74) is 3.15. The fourth-order valence-electron chi connectivity index (χ4n) is 3.83. The van der Waals surface area contributed by atoms with Crippen molar-refractivity contribution in [2.75, 3.05) is 31.1 Å². The smallest absolute Gasteiger partial charge is 0.298 e. The molecule has 2 fully saturated rings. The summed E-state index contributed by atoms with van der Waals surface area (Å²) in [5, 5.41) is 0. The number of aromatic nitrogens is 1. The third-order valence-electron chi connectivity index (χ3n) is 5.62. The van der Waals surface area contributed by atoms with Crippen LogP contribution in [0.3, 0.4) is 0 Å². The van der Waals surface area contributed by atoms with Crippen LogP contribution in [0.15, 0.2) is 46.9 Å². The van der Waals surface area contributed by atoms with Crippen LogP contribution < -0.4 is 4.90 Å². The SMILES string of the molecule is O=C(Cc1ccc(C2CC2)c(F)c1)N1CCN(c2nc3ccccc3o2)CC1. The van der Waals surface area contributed by atoms with E-state index in [1.165, 1.54) is 6.07 Å². The molecule has 2 aliphatic rings. The molecule has 1 aromatic heterocycles. The molecule has 1 saturated carbocycles. The highest BCUT2D eigenvalue weighted by Gasteiger charge is 2.27. The minimum atomic E-state index is -0.173. The van der Waals surface area contributed by atoms with Crippen molar-refractivity contribution in [1.29, 1.82) is 0 Å². The Morgan fingerprint density at radius 2 is 1.89 bits per heavy atom. The Labute approximate surface area is 162 Å². The van der Waals surface area contributed by atoms with Crippen molar-refractivity contribution in [1.82, 2.24) is 9.88 Å². The van der Waals surface area contributed by atoms with E-state index in [-0.39, 0.29) is 18.1 Å². The maximum Gasteiger partial charge on any atom is 0.298 e. The van der Waals surface area contributed by atoms with E-state index in [4.69, 9.17) is 4.42 Å². The Morgan fingerprint density at radius 3 is 2.61 bits per heavy atom. The average molecular weight is 379 g/mol. The number of anilines is 1. The van der Waals surface area contributed by atoms with Crippen LogP contribution in [0.5, 0.6) is 0 Å². The first-order chi connectivity index (χ1) is 13.7. The van der Waals surface area contributed by atoms with Crippen LogP contribution in [-0.2, 0) is 11.2 Å². The molecule has 1 aliphatic heterocycles. The summed E-state index contributed by atoms with van der Waals surface area (Å²) in [6.45, 7) is 2.57. The van der Waals surface area contributed by atoms with Gasteiger partial charge in [-0.05, 0) is 48.1 Å². The molecule has 0 unspecified atom stereocenters. The van der Waals surface area contributed by atoms with Crippen molar-refractivity contribution >= 4 is 23.0 Å². The number of nitrogens with zero attached hydrogens (tertiary/aromatic N) is 3. The molecule has 0 bridgehead atoms. The molecule has 28 heavy (non-hydrogen) atoms. The highest BCUT2D eigenvalue weighted by atomic mass is 19.1. The van der Waals surface area contributed by atoms with Crippen molar-refractivity contribution < 1.29 is 13.6 Å². The molecular weight excluding hydrogens is 357 g/mol. The van der Waals surface area contributed by atoms with E-state index in [9.17, 15) is 9.18 Å². The van der Waals surface area contributed by atoms with Crippen LogP contribution in [0.2, 0.25) is 0 Å². The van der Waals surface area contributed by atoms with E-state index in [2.05, 4.69) is 9.88 Å². The van der Waals surface area contributed by atoms with Gasteiger partial charge in [0.2, 0.25) is 5.91 Å². The summed E-state index contributed by atoms with van der Waals surface area (Å²) in [5.74, 6) is 0.244. The predicted octanol–water partition coefficient (Wildman–Crippen LogP) is 3.74. The van der Waals surface area contributed by atoms with Crippen molar-refractivity contribution in [3.8, 4) is 0 Å². The van der Waals surface area contributed by atoms with E-state index in [1.54, 1.807) is 0 Å². The van der Waals surface area contributed by atoms with Crippen LogP contribution in [0, 0.1) is 5.82 Å². The van der Waals surface area contributed by atoms with Gasteiger partial charge in [0, 0.05) is 26.2 Å². The van der Waals surface area contributed by atoms with Crippen molar-refractivity contribution in [3.05, 3.63) is 59.4 Å². The van der Waals surface area contributed by atoms with Crippen LogP contribution in [-0.4, -0.2) is 42.0 Å². The third-order valence-corrected chi connectivity index (χ3v) is 5.62. The van der Waals surface area contributed by atoms with Gasteiger partial charge >= 0.3 is 0 Å². The first-order valence-corrected chi connectivity index (χ1v) is 9.84. The molecule has 1 aliphatic carbocycles. The Morgan fingerprint density at radius 1 is 1.11 bits per heavy atom. The van der Waals surface area contributed by atoms with Gasteiger partial charge < -0.3 is 14.2 Å². The van der Waals surface area contributed by atoms with Crippen molar-refractivity contribution in [2.24, 2.45) is 0 Å². The first kappa shape index (κ1) is 17.2. The zero-order valence-electron chi connectivity index (χ0n) is 15.6. The van der Waals surface area contributed by atoms with Gasteiger partial charge in [-0.1, -0.05) is 24.3 Å². The molecule has 3 aromatic rings. The molecular formula is C22H22FN3O2. The second-order valence-corrected chi connectivity index (χ2v) is 7.64. The van der Waals surface area contributed by atoms with Gasteiger partial charge in [-0.3, -0.25) is 4.79 Å². The number of piperazine rings is 1. The average Bonchev–Trinajstić information content (AvgIpc) is 3.45. The summed E-state index contributed by atoms with van der Waals surface area (Å²) in [6, 6.07) is 13.6. The fraction of sp³-hybridized carbons (Fsp3) is 0.364. The Hall–Kier alpha value is -2.89. The van der Waals surface area contributed by atoms with E-state index < -0.39 is 0 Å². The molecule has 0 N–H and O–H groups in total. The molecule has 2 aromatic carbocycles. The zero-order valence-corrected chi connectivity index (χ0v) is 15.6. The van der Waals surface area contributed by atoms with E-state index in [0.29, 0.717) is 38.1 Å². The predicted molar refractivity (Wildman–Crippen MR) is 105 cm³/mol. The summed E-state index contributed by atoms with van der Waals surface area (Å²) >= 11 is 0. The van der Waals surface area contributed by atoms with E-state index >= 15 is 0 Å². The van der Waals surface area contributed by atoms with Gasteiger partial charge in [-0.15, -0.1) is 0 Å². The first-order valence-electron chi connectivity index (χ1n) is 9.84. The lowest BCUT2D eigenvalue weighted by Gasteiger charge is -2.33. The van der Waals surface area contributed by atoms with Gasteiger partial charge in [0.05, 0.1) is 6.42 Å². The summed E-state index contributed by atoms with van der Waals surface area (Å²) < 4.78 is 20.0. The quantitative estimate of drug-likeness (QED) is 0.693. The van der Waals surface area contributed by atoms with E-state index in [0.717, 1.165) is 35.1 Å². The van der Waals surface area contributed by atoms with Crippen LogP contribution in [0.25, 0.3) is 11.1 Å². The topological polar surface area (TPSA) is 49.6 Å². The maximum atomic E-state index is 14.2. The molecule has 5 nitrogen and oxygen atoms in total. The molecule has 6 heteroatoms. The van der Waals surface area contributed by atoms with Crippen LogP contribution in [0.1, 0.15) is 29.9 Å². The normalized spacial score (nSPS) is 17.3. The fourth-order valence-corrected chi connectivity index (χ4v) is 3.83. The monoisotopic (exact) mass is 379 g/mol. The molecule has 0 atom stereocenters. The number of benzene rings is 2. The Balaban J connectivity index is 1.20. The molecule has 2 heterocycles. The second-order valence-electron chi connectivity index (χ2n) is 7.64. The molecule has 0 radical (unpaired) electrons. The highest BCUT2D eigenvalue weighted by Crippen LogP contribution is 2.41. The number of fused-ring (bicyclic) bond motifs is 1. The maximum absolute atomic E-state index is 14.2. The lowest BCUT2D eigenvalue weighted by molar-refractivity contribution is -0.130. The van der Waals surface area contributed by atoms with Crippen molar-refractivity contribution in [3.63, 3.8) is 0 Å². The number of hydrogen-bond acceptors (Lipinski definition) is 4. The number of carbonyl (C=O) groups is 1.